The summed E-state index contributed by atoms with van der Waals surface area (Å²) in [5.74, 6) is -1.63. The summed E-state index contributed by atoms with van der Waals surface area (Å²) in [6.07, 6.45) is 15.1. The highest BCUT2D eigenvalue weighted by Gasteiger charge is 2.04. The standard InChI is InChI=1S/C10H18O2.C8H12O2/c1-3-5-6-8-9(7-4-2)10(11)12;1-2-3-4-5-6-7-8(9)10/h7H,3-6,8H2,1-2H3,(H,11,12);2-3,6-7H,4-5H2,1H3,(H,9,10)/b9-7+;3-2+,7-6+. The van der Waals surface area contributed by atoms with E-state index in [2.05, 4.69) is 6.92 Å². The molecule has 2 N–H and O–H groups in total. The summed E-state index contributed by atoms with van der Waals surface area (Å²) in [6, 6.07) is 0. The lowest BCUT2D eigenvalue weighted by molar-refractivity contribution is -0.133. The molecule has 0 aromatic heterocycles. The molecule has 0 fully saturated rings. The smallest absolute Gasteiger partial charge is 0.331 e. The van der Waals surface area contributed by atoms with Crippen molar-refractivity contribution in [1.29, 1.82) is 0 Å². The fourth-order valence-electron chi connectivity index (χ4n) is 1.65. The van der Waals surface area contributed by atoms with Crippen LogP contribution < -0.4 is 0 Å². The minimum Gasteiger partial charge on any atom is -0.478 e. The Morgan fingerprint density at radius 3 is 2.09 bits per heavy atom. The molecule has 0 aromatic carbocycles. The lowest BCUT2D eigenvalue weighted by Crippen LogP contribution is -2.00. The number of allylic oxidation sites excluding steroid dienone is 4. The van der Waals surface area contributed by atoms with Crippen molar-refractivity contribution in [2.75, 3.05) is 0 Å². The van der Waals surface area contributed by atoms with Gasteiger partial charge in [0.1, 0.15) is 0 Å². The molecule has 4 heteroatoms. The number of rotatable bonds is 10. The Kier molecular flexibility index (Phi) is 17.6. The van der Waals surface area contributed by atoms with Gasteiger partial charge in [-0.2, -0.15) is 0 Å². The first-order valence-electron chi connectivity index (χ1n) is 7.92. The predicted octanol–water partition coefficient (Wildman–Crippen LogP) is 4.97. The molecule has 4 nitrogen and oxygen atoms in total. The van der Waals surface area contributed by atoms with E-state index in [9.17, 15) is 9.59 Å². The topological polar surface area (TPSA) is 74.6 Å². The number of carbonyl (C=O) groups is 2. The van der Waals surface area contributed by atoms with Gasteiger partial charge in [0.05, 0.1) is 0 Å². The molecule has 0 aromatic rings. The average molecular weight is 310 g/mol. The minimum atomic E-state index is -0.875. The lowest BCUT2D eigenvalue weighted by Gasteiger charge is -2.00. The van der Waals surface area contributed by atoms with E-state index in [4.69, 9.17) is 10.2 Å². The van der Waals surface area contributed by atoms with E-state index in [0.29, 0.717) is 5.57 Å². The van der Waals surface area contributed by atoms with Gasteiger partial charge in [-0.15, -0.1) is 0 Å². The second kappa shape index (κ2) is 17.2. The van der Waals surface area contributed by atoms with Crippen molar-refractivity contribution < 1.29 is 19.8 Å². The monoisotopic (exact) mass is 310 g/mol. The van der Waals surface area contributed by atoms with Crippen molar-refractivity contribution in [3.63, 3.8) is 0 Å². The third kappa shape index (κ3) is 18.2. The first kappa shape index (κ1) is 22.4. The van der Waals surface area contributed by atoms with Gasteiger partial charge in [-0.05, 0) is 39.0 Å². The predicted molar refractivity (Wildman–Crippen MR) is 91.0 cm³/mol. The van der Waals surface area contributed by atoms with Crippen molar-refractivity contribution in [3.05, 3.63) is 36.0 Å². The van der Waals surface area contributed by atoms with E-state index in [1.807, 2.05) is 26.0 Å². The molecule has 0 aliphatic rings. The number of aliphatic carboxylic acids is 2. The largest absolute Gasteiger partial charge is 0.478 e. The quantitative estimate of drug-likeness (QED) is 0.339. The van der Waals surface area contributed by atoms with Gasteiger partial charge in [0.2, 0.25) is 0 Å². The highest BCUT2D eigenvalue weighted by Crippen LogP contribution is 2.09. The van der Waals surface area contributed by atoms with Crippen molar-refractivity contribution in [2.45, 2.75) is 65.7 Å². The number of unbranched alkanes of at least 4 members (excludes halogenated alkanes) is 3. The van der Waals surface area contributed by atoms with Crippen LogP contribution in [0.1, 0.15) is 65.7 Å². The summed E-state index contributed by atoms with van der Waals surface area (Å²) in [4.78, 5) is 20.5. The zero-order chi connectivity index (χ0) is 17.2. The molecule has 126 valence electrons. The molecule has 0 bridgehead atoms. The molecule has 0 amide bonds. The van der Waals surface area contributed by atoms with E-state index < -0.39 is 11.9 Å². The van der Waals surface area contributed by atoms with Crippen LogP contribution in [-0.4, -0.2) is 22.2 Å². The first-order valence-corrected chi connectivity index (χ1v) is 7.92. The van der Waals surface area contributed by atoms with Crippen LogP contribution in [0.2, 0.25) is 0 Å². The Bertz CT molecular complexity index is 379. The highest BCUT2D eigenvalue weighted by atomic mass is 16.4. The Hall–Kier alpha value is -1.84. The van der Waals surface area contributed by atoms with Gasteiger partial charge in [-0.25, -0.2) is 9.59 Å². The Balaban J connectivity index is 0. The van der Waals surface area contributed by atoms with Crippen LogP contribution >= 0.6 is 0 Å². The van der Waals surface area contributed by atoms with Crippen molar-refractivity contribution in [3.8, 4) is 0 Å². The number of hydrogen-bond acceptors (Lipinski definition) is 2. The first-order chi connectivity index (χ1) is 10.5. The summed E-state index contributed by atoms with van der Waals surface area (Å²) in [5.41, 5.74) is 0.575. The van der Waals surface area contributed by atoms with Gasteiger partial charge in [0, 0.05) is 11.6 Å². The van der Waals surface area contributed by atoms with Gasteiger partial charge in [-0.3, -0.25) is 0 Å². The molecule has 0 saturated carbocycles. The van der Waals surface area contributed by atoms with Gasteiger partial charge in [0.15, 0.2) is 0 Å². The fraction of sp³-hybridized carbons (Fsp3) is 0.556. The van der Waals surface area contributed by atoms with E-state index in [1.165, 1.54) is 6.08 Å². The van der Waals surface area contributed by atoms with Crippen molar-refractivity contribution in [1.82, 2.24) is 0 Å². The van der Waals surface area contributed by atoms with Crippen molar-refractivity contribution in [2.24, 2.45) is 0 Å². The maximum atomic E-state index is 10.6. The Morgan fingerprint density at radius 2 is 1.64 bits per heavy atom. The maximum absolute atomic E-state index is 10.6. The number of carboxylic acids is 2. The molecule has 0 rings (SSSR count). The summed E-state index contributed by atoms with van der Waals surface area (Å²) >= 11 is 0. The lowest BCUT2D eigenvalue weighted by atomic mass is 10.1. The number of hydrogen-bond donors (Lipinski definition) is 2. The summed E-state index contributed by atoms with van der Waals surface area (Å²) in [5, 5.41) is 16.9. The van der Waals surface area contributed by atoms with Crippen LogP contribution in [0.5, 0.6) is 0 Å². The molecule has 0 unspecified atom stereocenters. The SMILES string of the molecule is C/C=C/CC/C=C/C(=O)O.CC/C=C(\CCCCC)C(=O)O. The number of carboxylic acid groups (broad SMARTS) is 2. The molecule has 0 spiro atoms. The van der Waals surface area contributed by atoms with Gasteiger partial charge >= 0.3 is 11.9 Å². The maximum Gasteiger partial charge on any atom is 0.331 e. The third-order valence-corrected chi connectivity index (χ3v) is 2.77. The fourth-order valence-corrected chi connectivity index (χ4v) is 1.65. The molecule has 0 atom stereocenters. The zero-order valence-corrected chi connectivity index (χ0v) is 14.0. The summed E-state index contributed by atoms with van der Waals surface area (Å²) in [7, 11) is 0. The minimum absolute atomic E-state index is 0.575. The summed E-state index contributed by atoms with van der Waals surface area (Å²) in [6.45, 7) is 6.02. The van der Waals surface area contributed by atoms with Crippen LogP contribution in [0.3, 0.4) is 0 Å². The molecule has 22 heavy (non-hydrogen) atoms. The van der Waals surface area contributed by atoms with Crippen LogP contribution in [0.25, 0.3) is 0 Å². The van der Waals surface area contributed by atoms with Crippen LogP contribution in [0.4, 0.5) is 0 Å². The Labute approximate surface area is 134 Å². The molecule has 0 saturated heterocycles. The van der Waals surface area contributed by atoms with Crippen molar-refractivity contribution >= 4 is 11.9 Å². The van der Waals surface area contributed by atoms with Gasteiger partial charge in [-0.1, -0.05) is 51.0 Å². The third-order valence-electron chi connectivity index (χ3n) is 2.77. The van der Waals surface area contributed by atoms with Gasteiger partial charge in [0.25, 0.3) is 0 Å². The van der Waals surface area contributed by atoms with Gasteiger partial charge < -0.3 is 10.2 Å². The van der Waals surface area contributed by atoms with E-state index >= 15 is 0 Å². The zero-order valence-electron chi connectivity index (χ0n) is 14.0. The average Bonchev–Trinajstić information content (AvgIpc) is 2.46. The van der Waals surface area contributed by atoms with E-state index in [1.54, 1.807) is 12.2 Å². The second-order valence-corrected chi connectivity index (χ2v) is 4.79. The highest BCUT2D eigenvalue weighted by molar-refractivity contribution is 5.86. The second-order valence-electron chi connectivity index (χ2n) is 4.79. The molecular formula is C18H30O4. The van der Waals surface area contributed by atoms with Crippen LogP contribution in [0, 0.1) is 0 Å². The molecule has 0 radical (unpaired) electrons. The Morgan fingerprint density at radius 1 is 1.00 bits per heavy atom. The molecule has 0 heterocycles. The van der Waals surface area contributed by atoms with Crippen LogP contribution in [0.15, 0.2) is 36.0 Å². The molecule has 0 aliphatic carbocycles. The van der Waals surface area contributed by atoms with E-state index in [-0.39, 0.29) is 0 Å². The normalized spacial score (nSPS) is 11.5. The molecule has 0 aliphatic heterocycles. The van der Waals surface area contributed by atoms with E-state index in [0.717, 1.165) is 44.9 Å². The molecular weight excluding hydrogens is 280 g/mol. The summed E-state index contributed by atoms with van der Waals surface area (Å²) < 4.78 is 0. The van der Waals surface area contributed by atoms with Crippen LogP contribution in [-0.2, 0) is 9.59 Å².